The van der Waals surface area contributed by atoms with E-state index < -0.39 is 0 Å². The number of rotatable bonds is 5. The Morgan fingerprint density at radius 3 is 2.96 bits per heavy atom. The van der Waals surface area contributed by atoms with E-state index in [-0.39, 0.29) is 5.91 Å². The lowest BCUT2D eigenvalue weighted by Crippen LogP contribution is -2.14. The van der Waals surface area contributed by atoms with Crippen molar-refractivity contribution < 1.29 is 9.53 Å². The zero-order valence-electron chi connectivity index (χ0n) is 15.1. The van der Waals surface area contributed by atoms with E-state index >= 15 is 0 Å². The molecule has 2 N–H and O–H groups in total. The van der Waals surface area contributed by atoms with Crippen molar-refractivity contribution in [1.82, 2.24) is 9.97 Å². The first-order valence-electron chi connectivity index (χ1n) is 8.59. The second-order valence-electron chi connectivity index (χ2n) is 6.33. The molecular weight excluding hydrogens is 358 g/mol. The number of H-pyrrole nitrogens is 1. The van der Waals surface area contributed by atoms with Crippen molar-refractivity contribution in [3.05, 3.63) is 65.2 Å². The number of hydrogen-bond acceptors (Lipinski definition) is 4. The summed E-state index contributed by atoms with van der Waals surface area (Å²) in [5.41, 5.74) is 4.85. The normalized spacial score (nSPS) is 10.9. The maximum absolute atomic E-state index is 12.5. The highest BCUT2D eigenvalue weighted by atomic mass is 32.1. The quantitative estimate of drug-likeness (QED) is 0.525. The fraction of sp³-hybridized carbons (Fsp3) is 0.143. The molecule has 4 aromatic rings. The Morgan fingerprint density at radius 1 is 1.26 bits per heavy atom. The highest BCUT2D eigenvalue weighted by molar-refractivity contribution is 7.14. The highest BCUT2D eigenvalue weighted by Crippen LogP contribution is 2.33. The largest absolute Gasteiger partial charge is 0.496 e. The van der Waals surface area contributed by atoms with Crippen LogP contribution in [-0.2, 0) is 11.2 Å². The zero-order valence-corrected chi connectivity index (χ0v) is 15.9. The maximum Gasteiger partial charge on any atom is 0.230 e. The number of hydrogen-bond donors (Lipinski definition) is 2. The number of carbonyl (C=O) groups is 1. The van der Waals surface area contributed by atoms with Crippen molar-refractivity contribution in [2.24, 2.45) is 0 Å². The van der Waals surface area contributed by atoms with Crippen molar-refractivity contribution in [2.45, 2.75) is 13.3 Å². The Morgan fingerprint density at radius 2 is 2.11 bits per heavy atom. The van der Waals surface area contributed by atoms with Gasteiger partial charge in [-0.25, -0.2) is 4.98 Å². The molecule has 0 radical (unpaired) electrons. The first-order valence-corrected chi connectivity index (χ1v) is 9.47. The van der Waals surface area contributed by atoms with E-state index in [9.17, 15) is 4.79 Å². The Hall–Kier alpha value is -3.12. The fourth-order valence-corrected chi connectivity index (χ4v) is 3.82. The molecule has 0 unspecified atom stereocenters. The SMILES string of the molecule is COc1ccc(C)cc1-c1csc(NC(=O)Cc2c[nH]c3ccccc23)n1. The van der Waals surface area contributed by atoms with E-state index in [0.717, 1.165) is 39.0 Å². The van der Waals surface area contributed by atoms with Gasteiger partial charge in [-0.3, -0.25) is 4.79 Å². The molecule has 5 nitrogen and oxygen atoms in total. The summed E-state index contributed by atoms with van der Waals surface area (Å²) in [6, 6.07) is 13.9. The third kappa shape index (κ3) is 3.57. The molecule has 0 atom stereocenters. The molecule has 0 aliphatic rings. The van der Waals surface area contributed by atoms with Crippen LogP contribution in [0.5, 0.6) is 5.75 Å². The molecule has 0 aliphatic carbocycles. The molecule has 0 aliphatic heterocycles. The summed E-state index contributed by atoms with van der Waals surface area (Å²) in [5, 5.41) is 6.48. The van der Waals surface area contributed by atoms with Crippen molar-refractivity contribution in [3.63, 3.8) is 0 Å². The minimum Gasteiger partial charge on any atom is -0.496 e. The first-order chi connectivity index (χ1) is 13.1. The summed E-state index contributed by atoms with van der Waals surface area (Å²) in [4.78, 5) is 20.2. The number of methoxy groups -OCH3 is 1. The molecule has 0 spiro atoms. The van der Waals surface area contributed by atoms with Crippen LogP contribution in [-0.4, -0.2) is 23.0 Å². The van der Waals surface area contributed by atoms with Crippen LogP contribution < -0.4 is 10.1 Å². The van der Waals surface area contributed by atoms with Crippen molar-refractivity contribution in [1.29, 1.82) is 0 Å². The number of nitrogens with one attached hydrogen (secondary N) is 2. The number of amides is 1. The minimum absolute atomic E-state index is 0.0862. The average Bonchev–Trinajstić information content (AvgIpc) is 3.29. The van der Waals surface area contributed by atoms with E-state index in [0.29, 0.717) is 11.6 Å². The molecule has 4 rings (SSSR count). The maximum atomic E-state index is 12.5. The van der Waals surface area contributed by atoms with Crippen molar-refractivity contribution in [2.75, 3.05) is 12.4 Å². The molecule has 136 valence electrons. The van der Waals surface area contributed by atoms with Gasteiger partial charge in [0.05, 0.1) is 19.2 Å². The molecule has 1 amide bonds. The standard InChI is InChI=1S/C21H19N3O2S/c1-13-7-8-19(26-2)16(9-13)18-12-27-21(23-18)24-20(25)10-14-11-22-17-6-4-3-5-15(14)17/h3-9,11-12,22H,10H2,1-2H3,(H,23,24,25). The lowest BCUT2D eigenvalue weighted by atomic mass is 10.1. The van der Waals surface area contributed by atoms with Gasteiger partial charge in [0.2, 0.25) is 5.91 Å². The highest BCUT2D eigenvalue weighted by Gasteiger charge is 2.13. The van der Waals surface area contributed by atoms with Gasteiger partial charge >= 0.3 is 0 Å². The summed E-state index contributed by atoms with van der Waals surface area (Å²) in [7, 11) is 1.64. The number of carbonyl (C=O) groups excluding carboxylic acids is 1. The number of thiazole rings is 1. The van der Waals surface area contributed by atoms with Crippen molar-refractivity contribution >= 4 is 33.3 Å². The van der Waals surface area contributed by atoms with Gasteiger partial charge in [0.25, 0.3) is 0 Å². The van der Waals surface area contributed by atoms with Crippen LogP contribution in [0.15, 0.2) is 54.0 Å². The fourth-order valence-electron chi connectivity index (χ4n) is 3.09. The van der Waals surface area contributed by atoms with Crippen LogP contribution in [0.2, 0.25) is 0 Å². The van der Waals surface area contributed by atoms with Crippen LogP contribution >= 0.6 is 11.3 Å². The van der Waals surface area contributed by atoms with Crippen LogP contribution in [0.3, 0.4) is 0 Å². The topological polar surface area (TPSA) is 67.0 Å². The van der Waals surface area contributed by atoms with E-state index in [1.807, 2.05) is 61.0 Å². The number of fused-ring (bicyclic) bond motifs is 1. The molecule has 0 bridgehead atoms. The Bertz CT molecular complexity index is 1110. The summed E-state index contributed by atoms with van der Waals surface area (Å²) >= 11 is 1.41. The predicted molar refractivity (Wildman–Crippen MR) is 109 cm³/mol. The van der Waals surface area contributed by atoms with Gasteiger partial charge in [0.1, 0.15) is 5.75 Å². The molecule has 0 fully saturated rings. The smallest absolute Gasteiger partial charge is 0.230 e. The van der Waals surface area contributed by atoms with Crippen LogP contribution in [0.1, 0.15) is 11.1 Å². The molecule has 2 aromatic heterocycles. The van der Waals surface area contributed by atoms with Gasteiger partial charge in [0.15, 0.2) is 5.13 Å². The number of aryl methyl sites for hydroxylation is 1. The molecular formula is C21H19N3O2S. The summed E-state index contributed by atoms with van der Waals surface area (Å²) < 4.78 is 5.43. The molecule has 27 heavy (non-hydrogen) atoms. The monoisotopic (exact) mass is 377 g/mol. The Kier molecular flexibility index (Phi) is 4.64. The van der Waals surface area contributed by atoms with Crippen molar-refractivity contribution in [3.8, 4) is 17.0 Å². The third-order valence-corrected chi connectivity index (χ3v) is 5.17. The van der Waals surface area contributed by atoms with Gasteiger partial charge in [-0.2, -0.15) is 0 Å². The van der Waals surface area contributed by atoms with E-state index in [2.05, 4.69) is 15.3 Å². The van der Waals surface area contributed by atoms with Gasteiger partial charge in [0, 0.05) is 28.0 Å². The lowest BCUT2D eigenvalue weighted by molar-refractivity contribution is -0.115. The minimum atomic E-state index is -0.0862. The first kappa shape index (κ1) is 17.3. The number of aromatic nitrogens is 2. The number of benzene rings is 2. The van der Waals surface area contributed by atoms with Crippen LogP contribution in [0.4, 0.5) is 5.13 Å². The third-order valence-electron chi connectivity index (χ3n) is 4.41. The van der Waals surface area contributed by atoms with Crippen LogP contribution in [0.25, 0.3) is 22.2 Å². The summed E-state index contributed by atoms with van der Waals surface area (Å²) in [6.45, 7) is 2.03. The molecule has 0 saturated carbocycles. The second kappa shape index (κ2) is 7.25. The van der Waals surface area contributed by atoms with Gasteiger partial charge in [-0.15, -0.1) is 11.3 Å². The molecule has 2 aromatic carbocycles. The Balaban J connectivity index is 1.51. The second-order valence-corrected chi connectivity index (χ2v) is 7.18. The average molecular weight is 377 g/mol. The lowest BCUT2D eigenvalue weighted by Gasteiger charge is -2.07. The number of anilines is 1. The molecule has 2 heterocycles. The van der Waals surface area contributed by atoms with Gasteiger partial charge in [-0.05, 0) is 30.7 Å². The number of ether oxygens (including phenoxy) is 1. The number of nitrogens with zero attached hydrogens (tertiary/aromatic N) is 1. The number of para-hydroxylation sites is 1. The Labute approximate surface area is 161 Å². The molecule has 0 saturated heterocycles. The van der Waals surface area contributed by atoms with Gasteiger partial charge in [-0.1, -0.05) is 29.8 Å². The predicted octanol–water partition coefficient (Wildman–Crippen LogP) is 4.79. The number of aromatic amines is 1. The summed E-state index contributed by atoms with van der Waals surface area (Å²) in [5.74, 6) is 0.680. The van der Waals surface area contributed by atoms with E-state index in [1.165, 1.54) is 11.3 Å². The van der Waals surface area contributed by atoms with Gasteiger partial charge < -0.3 is 15.0 Å². The summed E-state index contributed by atoms with van der Waals surface area (Å²) in [6.07, 6.45) is 2.18. The van der Waals surface area contributed by atoms with Crippen LogP contribution in [0, 0.1) is 6.92 Å². The molecule has 6 heteroatoms. The van der Waals surface area contributed by atoms with E-state index in [1.54, 1.807) is 7.11 Å². The zero-order chi connectivity index (χ0) is 18.8. The van der Waals surface area contributed by atoms with E-state index in [4.69, 9.17) is 4.74 Å².